The Balaban J connectivity index is 1.91. The van der Waals surface area contributed by atoms with E-state index in [2.05, 4.69) is 18.2 Å². The number of Topliss-reactive ketones (excluding diaryl/α,β-unsaturated/α-hetero) is 1. The Kier molecular flexibility index (Phi) is 3.68. The number of carbonyl (C=O) groups is 2. The number of ketones is 1. The molecule has 0 amide bonds. The standard InChI is InChI=1S/C21H19NO3/c1-3-25-21(24)17-12-20(13(2)23)22-18-10-8-14-6-4-5-7-15(14)16(18)9-11-19(17)22/h4-11,20H,3,12H2,1-2H3. The first kappa shape index (κ1) is 15.6. The van der Waals surface area contributed by atoms with E-state index in [1.54, 1.807) is 13.8 Å². The lowest BCUT2D eigenvalue weighted by Crippen LogP contribution is -2.36. The van der Waals surface area contributed by atoms with Gasteiger partial charge in [-0.2, -0.15) is 0 Å². The van der Waals surface area contributed by atoms with Crippen LogP contribution in [0.2, 0.25) is 0 Å². The molecule has 126 valence electrons. The van der Waals surface area contributed by atoms with Gasteiger partial charge in [0.25, 0.3) is 0 Å². The summed E-state index contributed by atoms with van der Waals surface area (Å²) < 4.78 is 5.19. The van der Waals surface area contributed by atoms with Crippen LogP contribution in [-0.4, -0.2) is 24.4 Å². The Labute approximate surface area is 146 Å². The van der Waals surface area contributed by atoms with Crippen molar-refractivity contribution in [3.8, 4) is 0 Å². The quantitative estimate of drug-likeness (QED) is 0.801. The number of allylic oxidation sites excluding steroid dienone is 1. The van der Waals surface area contributed by atoms with Crippen molar-refractivity contribution in [1.29, 1.82) is 0 Å². The van der Waals surface area contributed by atoms with Crippen molar-refractivity contribution in [2.45, 2.75) is 26.3 Å². The maximum absolute atomic E-state index is 12.3. The molecular weight excluding hydrogens is 314 g/mol. The van der Waals surface area contributed by atoms with Crippen molar-refractivity contribution in [3.63, 3.8) is 0 Å². The molecule has 0 aromatic heterocycles. The molecule has 4 rings (SSSR count). The molecule has 1 unspecified atom stereocenters. The van der Waals surface area contributed by atoms with Gasteiger partial charge in [-0.1, -0.05) is 36.4 Å². The van der Waals surface area contributed by atoms with Gasteiger partial charge in [0.2, 0.25) is 0 Å². The molecule has 0 radical (unpaired) electrons. The van der Waals surface area contributed by atoms with Crippen molar-refractivity contribution in [1.82, 2.24) is 0 Å². The number of nitrogens with zero attached hydrogens (tertiary/aromatic N) is 1. The Morgan fingerprint density at radius 2 is 1.96 bits per heavy atom. The smallest absolute Gasteiger partial charge is 0.336 e. The minimum Gasteiger partial charge on any atom is -0.463 e. The van der Waals surface area contributed by atoms with E-state index in [0.29, 0.717) is 18.6 Å². The molecular formula is C21H19NO3. The molecule has 0 spiro atoms. The molecule has 0 bridgehead atoms. The number of esters is 1. The van der Waals surface area contributed by atoms with Gasteiger partial charge in [-0.15, -0.1) is 0 Å². The average Bonchev–Trinajstić information content (AvgIpc) is 3.02. The molecule has 4 nitrogen and oxygen atoms in total. The fourth-order valence-corrected chi connectivity index (χ4v) is 3.74. The normalized spacial score (nSPS) is 18.3. The molecule has 0 saturated heterocycles. The molecule has 2 aliphatic rings. The van der Waals surface area contributed by atoms with Gasteiger partial charge in [0.1, 0.15) is 0 Å². The van der Waals surface area contributed by atoms with E-state index in [9.17, 15) is 9.59 Å². The number of benzene rings is 2. The summed E-state index contributed by atoms with van der Waals surface area (Å²) in [6, 6.07) is 11.9. The summed E-state index contributed by atoms with van der Waals surface area (Å²) in [5.41, 5.74) is 3.41. The fourth-order valence-electron chi connectivity index (χ4n) is 3.74. The van der Waals surface area contributed by atoms with Crippen molar-refractivity contribution >= 4 is 34.3 Å². The molecule has 25 heavy (non-hydrogen) atoms. The zero-order valence-corrected chi connectivity index (χ0v) is 14.3. The number of rotatable bonds is 3. The summed E-state index contributed by atoms with van der Waals surface area (Å²) in [5, 5.41) is 2.30. The van der Waals surface area contributed by atoms with Crippen LogP contribution in [0.1, 0.15) is 25.8 Å². The van der Waals surface area contributed by atoms with Gasteiger partial charge < -0.3 is 9.64 Å². The average molecular weight is 333 g/mol. The van der Waals surface area contributed by atoms with Gasteiger partial charge in [0.15, 0.2) is 5.78 Å². The molecule has 2 heterocycles. The second-order valence-corrected chi connectivity index (χ2v) is 6.34. The SMILES string of the molecule is CCOC(=O)C1=C2C=Cc3c(ccc4ccccc34)N2C(C(C)=O)C1. The van der Waals surface area contributed by atoms with Gasteiger partial charge in [0.05, 0.1) is 23.9 Å². The van der Waals surface area contributed by atoms with E-state index >= 15 is 0 Å². The molecule has 0 N–H and O–H groups in total. The number of fused-ring (bicyclic) bond motifs is 5. The van der Waals surface area contributed by atoms with Crippen LogP contribution in [0.25, 0.3) is 16.8 Å². The van der Waals surface area contributed by atoms with Gasteiger partial charge in [-0.25, -0.2) is 4.79 Å². The molecule has 0 fully saturated rings. The number of hydrogen-bond acceptors (Lipinski definition) is 4. The lowest BCUT2D eigenvalue weighted by atomic mass is 9.98. The number of ether oxygens (including phenoxy) is 1. The second kappa shape index (κ2) is 5.88. The largest absolute Gasteiger partial charge is 0.463 e. The minimum atomic E-state index is -0.362. The molecule has 2 aliphatic heterocycles. The Morgan fingerprint density at radius 3 is 2.72 bits per heavy atom. The second-order valence-electron chi connectivity index (χ2n) is 6.34. The monoisotopic (exact) mass is 333 g/mol. The molecule has 0 saturated carbocycles. The van der Waals surface area contributed by atoms with E-state index in [-0.39, 0.29) is 17.8 Å². The zero-order chi connectivity index (χ0) is 17.6. The third kappa shape index (κ3) is 2.37. The lowest BCUT2D eigenvalue weighted by Gasteiger charge is -2.31. The minimum absolute atomic E-state index is 0.0474. The lowest BCUT2D eigenvalue weighted by molar-refractivity contribution is -0.138. The Morgan fingerprint density at radius 1 is 1.16 bits per heavy atom. The number of carbonyl (C=O) groups excluding carboxylic acids is 2. The van der Waals surface area contributed by atoms with Gasteiger partial charge in [0, 0.05) is 17.7 Å². The molecule has 2 aromatic rings. The summed E-state index contributed by atoms with van der Waals surface area (Å²) in [5.74, 6) is -0.286. The number of hydrogen-bond donors (Lipinski definition) is 0. The van der Waals surface area contributed by atoms with Crippen LogP contribution in [-0.2, 0) is 14.3 Å². The van der Waals surface area contributed by atoms with Crippen LogP contribution in [0.3, 0.4) is 0 Å². The van der Waals surface area contributed by atoms with E-state index in [0.717, 1.165) is 27.7 Å². The van der Waals surface area contributed by atoms with E-state index in [1.165, 1.54) is 0 Å². The first-order valence-electron chi connectivity index (χ1n) is 8.51. The van der Waals surface area contributed by atoms with E-state index in [4.69, 9.17) is 4.74 Å². The Hall–Kier alpha value is -2.88. The van der Waals surface area contributed by atoms with Crippen molar-refractivity contribution in [2.24, 2.45) is 0 Å². The zero-order valence-electron chi connectivity index (χ0n) is 14.3. The van der Waals surface area contributed by atoms with Crippen molar-refractivity contribution in [2.75, 3.05) is 11.5 Å². The van der Waals surface area contributed by atoms with E-state index in [1.807, 2.05) is 35.3 Å². The third-order valence-electron chi connectivity index (χ3n) is 4.88. The summed E-state index contributed by atoms with van der Waals surface area (Å²) in [6.07, 6.45) is 4.36. The first-order chi connectivity index (χ1) is 12.1. The van der Waals surface area contributed by atoms with Crippen LogP contribution in [0.4, 0.5) is 5.69 Å². The van der Waals surface area contributed by atoms with Gasteiger partial charge in [-0.3, -0.25) is 4.79 Å². The highest BCUT2D eigenvalue weighted by molar-refractivity contribution is 6.04. The molecule has 1 atom stereocenters. The van der Waals surface area contributed by atoms with Crippen LogP contribution in [0.15, 0.2) is 53.7 Å². The highest BCUT2D eigenvalue weighted by atomic mass is 16.5. The maximum Gasteiger partial charge on any atom is 0.336 e. The predicted molar refractivity (Wildman–Crippen MR) is 98.2 cm³/mol. The number of anilines is 1. The highest BCUT2D eigenvalue weighted by Crippen LogP contribution is 2.43. The van der Waals surface area contributed by atoms with Crippen LogP contribution in [0.5, 0.6) is 0 Å². The maximum atomic E-state index is 12.3. The third-order valence-corrected chi connectivity index (χ3v) is 4.88. The first-order valence-corrected chi connectivity index (χ1v) is 8.51. The van der Waals surface area contributed by atoms with Crippen LogP contribution < -0.4 is 4.90 Å². The summed E-state index contributed by atoms with van der Waals surface area (Å²) in [6.45, 7) is 3.69. The fraction of sp³-hybridized carbons (Fsp3) is 0.238. The van der Waals surface area contributed by atoms with E-state index < -0.39 is 0 Å². The Bertz CT molecular complexity index is 955. The predicted octanol–water partition coefficient (Wildman–Crippen LogP) is 3.85. The van der Waals surface area contributed by atoms with Crippen molar-refractivity contribution in [3.05, 3.63) is 59.3 Å². The topological polar surface area (TPSA) is 46.6 Å². The van der Waals surface area contributed by atoms with Crippen LogP contribution >= 0.6 is 0 Å². The molecule has 0 aliphatic carbocycles. The van der Waals surface area contributed by atoms with Gasteiger partial charge in [-0.05, 0) is 36.8 Å². The summed E-state index contributed by atoms with van der Waals surface area (Å²) >= 11 is 0. The highest BCUT2D eigenvalue weighted by Gasteiger charge is 2.40. The summed E-state index contributed by atoms with van der Waals surface area (Å²) in [4.78, 5) is 26.6. The molecule has 2 aromatic carbocycles. The summed E-state index contributed by atoms with van der Waals surface area (Å²) in [7, 11) is 0. The van der Waals surface area contributed by atoms with Crippen molar-refractivity contribution < 1.29 is 14.3 Å². The van der Waals surface area contributed by atoms with Crippen LogP contribution in [0, 0.1) is 0 Å². The van der Waals surface area contributed by atoms with Gasteiger partial charge >= 0.3 is 5.97 Å². The molecule has 4 heteroatoms.